The van der Waals surface area contributed by atoms with Gasteiger partial charge in [0.25, 0.3) is 0 Å². The van der Waals surface area contributed by atoms with Crippen LogP contribution < -0.4 is 0 Å². The van der Waals surface area contributed by atoms with E-state index in [9.17, 15) is 0 Å². The smallest absolute Gasteiger partial charge is 0.168 e. The van der Waals surface area contributed by atoms with Crippen molar-refractivity contribution in [2.75, 3.05) is 19.8 Å². The molecule has 0 saturated carbocycles. The average Bonchev–Trinajstić information content (AvgIpc) is 2.67. The molecule has 1 aliphatic heterocycles. The van der Waals surface area contributed by atoms with Crippen molar-refractivity contribution in [2.45, 2.75) is 24.9 Å². The number of halogens is 1. The Hall–Kier alpha value is -0.720. The number of rotatable bonds is 3. The number of alkyl halides is 1. The van der Waals surface area contributed by atoms with Gasteiger partial charge in [0, 0.05) is 0 Å². The van der Waals surface area contributed by atoms with E-state index in [1.54, 1.807) is 4.68 Å². The van der Waals surface area contributed by atoms with Gasteiger partial charge in [-0.3, -0.25) is 0 Å². The van der Waals surface area contributed by atoms with Crippen molar-refractivity contribution in [2.24, 2.45) is 0 Å². The van der Waals surface area contributed by atoms with Gasteiger partial charge in [-0.25, -0.2) is 4.68 Å². The van der Waals surface area contributed by atoms with Crippen LogP contribution in [0.5, 0.6) is 0 Å². The Bertz CT molecular complexity index is 311. The zero-order valence-corrected chi connectivity index (χ0v) is 9.22. The van der Waals surface area contributed by atoms with Crippen molar-refractivity contribution in [1.82, 2.24) is 20.2 Å². The minimum absolute atomic E-state index is 0.0106. The zero-order chi connectivity index (χ0) is 10.7. The molecule has 1 aromatic rings. The highest BCUT2D eigenvalue weighted by molar-refractivity contribution is 6.20. The highest BCUT2D eigenvalue weighted by Crippen LogP contribution is 2.16. The van der Waals surface area contributed by atoms with Gasteiger partial charge in [0.2, 0.25) is 0 Å². The van der Waals surface area contributed by atoms with Gasteiger partial charge < -0.3 is 9.47 Å². The Morgan fingerprint density at radius 1 is 1.60 bits per heavy atom. The van der Waals surface area contributed by atoms with E-state index >= 15 is 0 Å². The number of ether oxygens (including phenoxy) is 2. The summed E-state index contributed by atoms with van der Waals surface area (Å²) in [5, 5.41) is 11.1. The Morgan fingerprint density at radius 3 is 3.13 bits per heavy atom. The Kier molecular flexibility index (Phi) is 3.50. The van der Waals surface area contributed by atoms with E-state index in [2.05, 4.69) is 15.5 Å². The van der Waals surface area contributed by atoms with Crippen LogP contribution in [-0.4, -0.2) is 46.1 Å². The Morgan fingerprint density at radius 2 is 2.47 bits per heavy atom. The predicted molar refractivity (Wildman–Crippen MR) is 52.6 cm³/mol. The molecule has 2 rings (SSSR count). The van der Waals surface area contributed by atoms with Crippen molar-refractivity contribution in [1.29, 1.82) is 0 Å². The topological polar surface area (TPSA) is 62.1 Å². The van der Waals surface area contributed by atoms with Crippen molar-refractivity contribution >= 4 is 11.6 Å². The molecule has 0 amide bonds. The third kappa shape index (κ3) is 2.64. The number of hydrogen-bond donors (Lipinski definition) is 0. The number of tetrazole rings is 1. The largest absolute Gasteiger partial charge is 0.376 e. The van der Waals surface area contributed by atoms with Gasteiger partial charge in [-0.1, -0.05) is 0 Å². The standard InChI is InChI=1S/C8H13ClN4O2/c1-6(9)8-10-11-12-13(8)4-7-5-14-2-3-15-7/h6-7H,2-5H2,1H3. The molecule has 0 spiro atoms. The molecule has 2 unspecified atom stereocenters. The summed E-state index contributed by atoms with van der Waals surface area (Å²) in [6.45, 7) is 4.28. The van der Waals surface area contributed by atoms with E-state index < -0.39 is 0 Å². The fourth-order valence-corrected chi connectivity index (χ4v) is 1.62. The molecule has 0 bridgehead atoms. The lowest BCUT2D eigenvalue weighted by Crippen LogP contribution is -2.33. The lowest BCUT2D eigenvalue weighted by atomic mass is 10.3. The maximum Gasteiger partial charge on any atom is 0.168 e. The van der Waals surface area contributed by atoms with Crippen molar-refractivity contribution in [3.8, 4) is 0 Å². The normalized spacial score (nSPS) is 24.0. The summed E-state index contributed by atoms with van der Waals surface area (Å²) in [6.07, 6.45) is 0.0106. The van der Waals surface area contributed by atoms with E-state index in [1.807, 2.05) is 6.92 Å². The van der Waals surface area contributed by atoms with E-state index in [-0.39, 0.29) is 11.5 Å². The first kappa shape index (κ1) is 10.8. The van der Waals surface area contributed by atoms with Gasteiger partial charge in [-0.05, 0) is 17.4 Å². The average molecular weight is 233 g/mol. The minimum Gasteiger partial charge on any atom is -0.376 e. The lowest BCUT2D eigenvalue weighted by molar-refractivity contribution is -0.0950. The molecule has 0 radical (unpaired) electrons. The fourth-order valence-electron chi connectivity index (χ4n) is 1.46. The molecule has 1 aliphatic rings. The quantitative estimate of drug-likeness (QED) is 0.706. The molecule has 0 aromatic carbocycles. The van der Waals surface area contributed by atoms with Crippen molar-refractivity contribution < 1.29 is 9.47 Å². The van der Waals surface area contributed by atoms with Crippen LogP contribution in [0.2, 0.25) is 0 Å². The van der Waals surface area contributed by atoms with Crippen LogP contribution >= 0.6 is 11.6 Å². The first-order valence-electron chi connectivity index (χ1n) is 4.87. The van der Waals surface area contributed by atoms with Crippen LogP contribution in [0.1, 0.15) is 18.1 Å². The third-order valence-electron chi connectivity index (χ3n) is 2.18. The summed E-state index contributed by atoms with van der Waals surface area (Å²) < 4.78 is 12.5. The van der Waals surface area contributed by atoms with E-state index in [4.69, 9.17) is 21.1 Å². The van der Waals surface area contributed by atoms with Crippen LogP contribution in [0.4, 0.5) is 0 Å². The second-order valence-electron chi connectivity index (χ2n) is 3.40. The second-order valence-corrected chi connectivity index (χ2v) is 4.06. The molecule has 2 heterocycles. The minimum atomic E-state index is -0.204. The number of hydrogen-bond acceptors (Lipinski definition) is 5. The van der Waals surface area contributed by atoms with Crippen LogP contribution in [0.25, 0.3) is 0 Å². The summed E-state index contributed by atoms with van der Waals surface area (Å²) in [7, 11) is 0. The van der Waals surface area contributed by atoms with Crippen molar-refractivity contribution in [3.63, 3.8) is 0 Å². The molecule has 1 saturated heterocycles. The third-order valence-corrected chi connectivity index (χ3v) is 2.37. The number of nitrogens with zero attached hydrogens (tertiary/aromatic N) is 4. The fraction of sp³-hybridized carbons (Fsp3) is 0.875. The van der Waals surface area contributed by atoms with E-state index in [1.165, 1.54) is 0 Å². The maximum atomic E-state index is 5.93. The van der Waals surface area contributed by atoms with Crippen LogP contribution in [0.15, 0.2) is 0 Å². The van der Waals surface area contributed by atoms with E-state index in [0.29, 0.717) is 32.2 Å². The molecule has 1 aromatic heterocycles. The van der Waals surface area contributed by atoms with Crippen molar-refractivity contribution in [3.05, 3.63) is 5.82 Å². The summed E-state index contributed by atoms with van der Waals surface area (Å²) in [4.78, 5) is 0. The lowest BCUT2D eigenvalue weighted by Gasteiger charge is -2.22. The zero-order valence-electron chi connectivity index (χ0n) is 8.47. The summed E-state index contributed by atoms with van der Waals surface area (Å²) in [5.41, 5.74) is 0. The number of aromatic nitrogens is 4. The van der Waals surface area contributed by atoms with Gasteiger partial charge in [0.05, 0.1) is 31.7 Å². The molecule has 2 atom stereocenters. The van der Waals surface area contributed by atoms with Gasteiger partial charge >= 0.3 is 0 Å². The first-order valence-corrected chi connectivity index (χ1v) is 5.30. The molecular formula is C8H13ClN4O2. The van der Waals surface area contributed by atoms with Crippen LogP contribution in [0.3, 0.4) is 0 Å². The Labute approximate surface area is 92.5 Å². The SMILES string of the molecule is CC(Cl)c1nnnn1CC1COCCO1. The summed E-state index contributed by atoms with van der Waals surface area (Å²) in [5.74, 6) is 0.658. The van der Waals surface area contributed by atoms with Crippen LogP contribution in [-0.2, 0) is 16.0 Å². The summed E-state index contributed by atoms with van der Waals surface area (Å²) in [6, 6.07) is 0. The molecule has 15 heavy (non-hydrogen) atoms. The highest BCUT2D eigenvalue weighted by Gasteiger charge is 2.19. The summed E-state index contributed by atoms with van der Waals surface area (Å²) >= 11 is 5.93. The van der Waals surface area contributed by atoms with E-state index in [0.717, 1.165) is 0 Å². The predicted octanol–water partition coefficient (Wildman–Crippen LogP) is 0.388. The van der Waals surface area contributed by atoms with Gasteiger partial charge in [-0.2, -0.15) is 0 Å². The van der Waals surface area contributed by atoms with Crippen LogP contribution in [0, 0.1) is 0 Å². The molecule has 0 aliphatic carbocycles. The highest BCUT2D eigenvalue weighted by atomic mass is 35.5. The van der Waals surface area contributed by atoms with Gasteiger partial charge in [0.1, 0.15) is 6.10 Å². The molecule has 84 valence electrons. The molecule has 7 heteroatoms. The molecule has 0 N–H and O–H groups in total. The first-order chi connectivity index (χ1) is 7.27. The van der Waals surface area contributed by atoms with Gasteiger partial charge in [0.15, 0.2) is 5.82 Å². The molecule has 1 fully saturated rings. The Balaban J connectivity index is 1.99. The van der Waals surface area contributed by atoms with Gasteiger partial charge in [-0.15, -0.1) is 16.7 Å². The maximum absolute atomic E-state index is 5.93. The monoisotopic (exact) mass is 232 g/mol. The molecular weight excluding hydrogens is 220 g/mol. The molecule has 6 nitrogen and oxygen atoms in total. The second kappa shape index (κ2) is 4.87.